The number of benzene rings is 1. The van der Waals surface area contributed by atoms with E-state index in [1.54, 1.807) is 0 Å². The predicted molar refractivity (Wildman–Crippen MR) is 72.8 cm³/mol. The molecule has 3 unspecified atom stereocenters. The van der Waals surface area contributed by atoms with E-state index in [1.165, 1.54) is 16.7 Å². The highest BCUT2D eigenvalue weighted by Crippen LogP contribution is 2.37. The lowest BCUT2D eigenvalue weighted by Gasteiger charge is -2.17. The normalized spacial score (nSPS) is 27.2. The largest absolute Gasteiger partial charge is 0.309 e. The van der Waals surface area contributed by atoms with Crippen LogP contribution in [0.2, 0.25) is 0 Å². The molecule has 0 saturated heterocycles. The van der Waals surface area contributed by atoms with Crippen LogP contribution in [0.1, 0.15) is 43.0 Å². The zero-order valence-electron chi connectivity index (χ0n) is 11.0. The smallest absolute Gasteiger partial charge is 0.0580 e. The summed E-state index contributed by atoms with van der Waals surface area (Å²) in [6, 6.07) is 4.56. The van der Waals surface area contributed by atoms with Crippen molar-refractivity contribution >= 4 is 10.8 Å². The molecule has 0 saturated carbocycles. The third-order valence-corrected chi connectivity index (χ3v) is 5.33. The van der Waals surface area contributed by atoms with Crippen LogP contribution in [-0.2, 0) is 10.8 Å². The maximum atomic E-state index is 12.3. The monoisotopic (exact) mass is 251 g/mol. The first-order valence-electron chi connectivity index (χ1n) is 6.31. The van der Waals surface area contributed by atoms with Gasteiger partial charge in [0.25, 0.3) is 0 Å². The summed E-state index contributed by atoms with van der Waals surface area (Å²) in [6.45, 7) is 9.43. The van der Waals surface area contributed by atoms with Crippen LogP contribution in [0.3, 0.4) is 0 Å². The average molecular weight is 251 g/mol. The summed E-state index contributed by atoms with van der Waals surface area (Å²) < 4.78 is 12.3. The molecule has 94 valence electrons. The first-order valence-corrected chi connectivity index (χ1v) is 7.52. The standard InChI is InChI=1S/C14H21NOS/c1-5-6-15-14-11(4)17(16)13-8-10(3)9(2)7-12(13)14/h7-8,11,14-15H,5-6H2,1-4H3. The van der Waals surface area contributed by atoms with Crippen LogP contribution in [0.15, 0.2) is 17.0 Å². The number of nitrogens with one attached hydrogen (secondary N) is 1. The van der Waals surface area contributed by atoms with Crippen molar-refractivity contribution in [2.75, 3.05) is 6.54 Å². The number of aryl methyl sites for hydroxylation is 2. The van der Waals surface area contributed by atoms with Gasteiger partial charge in [0.15, 0.2) is 0 Å². The fourth-order valence-corrected chi connectivity index (χ4v) is 3.98. The van der Waals surface area contributed by atoms with Gasteiger partial charge in [0, 0.05) is 10.9 Å². The molecule has 3 heteroatoms. The third-order valence-electron chi connectivity index (χ3n) is 3.60. The van der Waals surface area contributed by atoms with E-state index in [1.807, 2.05) is 0 Å². The molecule has 1 aliphatic rings. The van der Waals surface area contributed by atoms with Crippen molar-refractivity contribution in [1.29, 1.82) is 0 Å². The molecule has 0 bridgehead atoms. The van der Waals surface area contributed by atoms with E-state index in [-0.39, 0.29) is 11.3 Å². The van der Waals surface area contributed by atoms with Crippen LogP contribution in [0, 0.1) is 13.8 Å². The van der Waals surface area contributed by atoms with Crippen LogP contribution < -0.4 is 5.32 Å². The Hall–Kier alpha value is -0.670. The summed E-state index contributed by atoms with van der Waals surface area (Å²) in [5.41, 5.74) is 3.77. The van der Waals surface area contributed by atoms with Gasteiger partial charge in [-0.05, 0) is 56.5 Å². The van der Waals surface area contributed by atoms with E-state index in [0.29, 0.717) is 0 Å². The first kappa shape index (κ1) is 12.8. The zero-order valence-corrected chi connectivity index (χ0v) is 11.9. The molecule has 2 nitrogen and oxygen atoms in total. The van der Waals surface area contributed by atoms with E-state index in [4.69, 9.17) is 0 Å². The van der Waals surface area contributed by atoms with E-state index in [9.17, 15) is 4.21 Å². The molecule has 0 radical (unpaired) electrons. The summed E-state index contributed by atoms with van der Waals surface area (Å²) >= 11 is 0. The van der Waals surface area contributed by atoms with Crippen LogP contribution in [-0.4, -0.2) is 16.0 Å². The Bertz CT molecular complexity index is 456. The molecule has 0 aliphatic carbocycles. The first-order chi connectivity index (χ1) is 8.06. The molecule has 3 atom stereocenters. The molecule has 0 amide bonds. The molecule has 1 N–H and O–H groups in total. The summed E-state index contributed by atoms with van der Waals surface area (Å²) in [6.07, 6.45) is 1.11. The van der Waals surface area contributed by atoms with Crippen molar-refractivity contribution in [1.82, 2.24) is 5.32 Å². The quantitative estimate of drug-likeness (QED) is 0.895. The lowest BCUT2D eigenvalue weighted by atomic mass is 9.99. The summed E-state index contributed by atoms with van der Waals surface area (Å²) in [7, 11) is -0.857. The highest BCUT2D eigenvalue weighted by atomic mass is 32.2. The van der Waals surface area contributed by atoms with Gasteiger partial charge in [-0.25, -0.2) is 0 Å². The number of hydrogen-bond donors (Lipinski definition) is 1. The van der Waals surface area contributed by atoms with E-state index in [0.717, 1.165) is 17.9 Å². The van der Waals surface area contributed by atoms with Crippen LogP contribution >= 0.6 is 0 Å². The number of rotatable bonds is 3. The Morgan fingerprint density at radius 3 is 2.59 bits per heavy atom. The summed E-state index contributed by atoms with van der Waals surface area (Å²) in [5, 5.41) is 3.70. The second-order valence-corrected chi connectivity index (χ2v) is 6.69. The zero-order chi connectivity index (χ0) is 12.6. The molecule has 0 fully saturated rings. The lowest BCUT2D eigenvalue weighted by Crippen LogP contribution is -2.28. The molecule has 1 aromatic rings. The maximum absolute atomic E-state index is 12.3. The third kappa shape index (κ3) is 2.18. The van der Waals surface area contributed by atoms with Crippen molar-refractivity contribution in [3.63, 3.8) is 0 Å². The average Bonchev–Trinajstić information content (AvgIpc) is 2.52. The molecule has 1 aromatic carbocycles. The highest BCUT2D eigenvalue weighted by molar-refractivity contribution is 7.86. The van der Waals surface area contributed by atoms with Gasteiger partial charge in [-0.2, -0.15) is 0 Å². The van der Waals surface area contributed by atoms with E-state index >= 15 is 0 Å². The maximum Gasteiger partial charge on any atom is 0.0580 e. The van der Waals surface area contributed by atoms with Gasteiger partial charge in [-0.15, -0.1) is 0 Å². The second-order valence-electron chi connectivity index (χ2n) is 4.91. The van der Waals surface area contributed by atoms with E-state index < -0.39 is 10.8 Å². The molecular weight excluding hydrogens is 230 g/mol. The topological polar surface area (TPSA) is 29.1 Å². The molecule has 17 heavy (non-hydrogen) atoms. The molecule has 2 rings (SSSR count). The molecule has 0 spiro atoms. The minimum Gasteiger partial charge on any atom is -0.309 e. The number of hydrogen-bond acceptors (Lipinski definition) is 2. The van der Waals surface area contributed by atoms with Gasteiger partial charge >= 0.3 is 0 Å². The van der Waals surface area contributed by atoms with Gasteiger partial charge in [0.1, 0.15) is 0 Å². The van der Waals surface area contributed by atoms with Crippen LogP contribution in [0.5, 0.6) is 0 Å². The van der Waals surface area contributed by atoms with Crippen molar-refractivity contribution in [2.45, 2.75) is 50.3 Å². The Balaban J connectivity index is 2.41. The van der Waals surface area contributed by atoms with Gasteiger partial charge in [-0.3, -0.25) is 4.21 Å². The van der Waals surface area contributed by atoms with Gasteiger partial charge in [-0.1, -0.05) is 13.0 Å². The lowest BCUT2D eigenvalue weighted by molar-refractivity contribution is 0.527. The Morgan fingerprint density at radius 1 is 1.29 bits per heavy atom. The second kappa shape index (κ2) is 4.91. The SMILES string of the molecule is CCCNC1c2cc(C)c(C)cc2S(=O)C1C. The summed E-state index contributed by atoms with van der Waals surface area (Å²) in [5.74, 6) is 0. The molecular formula is C14H21NOS. The van der Waals surface area contributed by atoms with Crippen LogP contribution in [0.25, 0.3) is 0 Å². The molecule has 1 aliphatic heterocycles. The summed E-state index contributed by atoms with van der Waals surface area (Å²) in [4.78, 5) is 1.04. The Labute approximate surface area is 106 Å². The van der Waals surface area contributed by atoms with Crippen molar-refractivity contribution in [2.24, 2.45) is 0 Å². The Kier molecular flexibility index (Phi) is 3.69. The minimum absolute atomic E-state index is 0.178. The fourth-order valence-electron chi connectivity index (χ4n) is 2.38. The van der Waals surface area contributed by atoms with Crippen LogP contribution in [0.4, 0.5) is 0 Å². The van der Waals surface area contributed by atoms with E-state index in [2.05, 4.69) is 45.1 Å². The molecule has 1 heterocycles. The van der Waals surface area contributed by atoms with Crippen molar-refractivity contribution in [3.8, 4) is 0 Å². The van der Waals surface area contributed by atoms with Gasteiger partial charge < -0.3 is 5.32 Å². The van der Waals surface area contributed by atoms with Crippen molar-refractivity contribution in [3.05, 3.63) is 28.8 Å². The van der Waals surface area contributed by atoms with Gasteiger partial charge in [0.2, 0.25) is 0 Å². The number of fused-ring (bicyclic) bond motifs is 1. The predicted octanol–water partition coefficient (Wildman–Crippen LogP) is 2.85. The van der Waals surface area contributed by atoms with Gasteiger partial charge in [0.05, 0.1) is 16.0 Å². The minimum atomic E-state index is -0.857. The fraction of sp³-hybridized carbons (Fsp3) is 0.571. The highest BCUT2D eigenvalue weighted by Gasteiger charge is 2.35. The molecule has 0 aromatic heterocycles. The Morgan fingerprint density at radius 2 is 1.94 bits per heavy atom. The van der Waals surface area contributed by atoms with Crippen molar-refractivity contribution < 1.29 is 4.21 Å².